The van der Waals surface area contributed by atoms with Gasteiger partial charge in [-0.05, 0) is 19.6 Å². The van der Waals surface area contributed by atoms with Gasteiger partial charge in [0.1, 0.15) is 0 Å². The lowest BCUT2D eigenvalue weighted by atomic mass is 10.2. The van der Waals surface area contributed by atoms with Gasteiger partial charge in [0.25, 0.3) is 0 Å². The molecule has 0 aromatic carbocycles. The van der Waals surface area contributed by atoms with Crippen molar-refractivity contribution in [2.45, 2.75) is 26.3 Å². The first-order chi connectivity index (χ1) is 9.06. The van der Waals surface area contributed by atoms with Gasteiger partial charge in [-0.15, -0.1) is 0 Å². The number of thioether (sulfide) groups is 1. The third kappa shape index (κ3) is 5.82. The maximum atomic E-state index is 11.8. The van der Waals surface area contributed by atoms with E-state index in [1.165, 1.54) is 0 Å². The lowest BCUT2D eigenvalue weighted by molar-refractivity contribution is -0.130. The van der Waals surface area contributed by atoms with E-state index in [1.54, 1.807) is 11.8 Å². The Hall–Kier alpha value is -0.750. The van der Waals surface area contributed by atoms with E-state index in [2.05, 4.69) is 17.1 Å². The predicted molar refractivity (Wildman–Crippen MR) is 79.3 cm³/mol. The van der Waals surface area contributed by atoms with Crippen LogP contribution in [0.3, 0.4) is 0 Å². The van der Waals surface area contributed by atoms with E-state index in [0.29, 0.717) is 12.3 Å². The summed E-state index contributed by atoms with van der Waals surface area (Å²) in [5.74, 6) is 0.837. The Morgan fingerprint density at radius 3 is 2.42 bits per heavy atom. The number of hydrogen-bond acceptors (Lipinski definition) is 4. The van der Waals surface area contributed by atoms with E-state index >= 15 is 0 Å². The third-order valence-electron chi connectivity index (χ3n) is 3.38. The second kappa shape index (κ2) is 8.43. The van der Waals surface area contributed by atoms with Crippen LogP contribution in [0.5, 0.6) is 0 Å². The van der Waals surface area contributed by atoms with Crippen LogP contribution in [0.2, 0.25) is 0 Å². The van der Waals surface area contributed by atoms with Gasteiger partial charge < -0.3 is 10.2 Å². The van der Waals surface area contributed by atoms with Gasteiger partial charge in [0.15, 0.2) is 0 Å². The molecule has 1 heterocycles. The molecule has 1 rings (SSSR count). The Morgan fingerprint density at radius 2 is 1.89 bits per heavy atom. The van der Waals surface area contributed by atoms with E-state index in [1.807, 2.05) is 18.1 Å². The van der Waals surface area contributed by atoms with Gasteiger partial charge in [-0.25, -0.2) is 0 Å². The lowest BCUT2D eigenvalue weighted by Crippen LogP contribution is -2.52. The highest BCUT2D eigenvalue weighted by Gasteiger charge is 2.22. The summed E-state index contributed by atoms with van der Waals surface area (Å²) >= 11 is 1.56. The fourth-order valence-electron chi connectivity index (χ4n) is 2.00. The Labute approximate surface area is 120 Å². The number of nitrogens with zero attached hydrogens (tertiary/aromatic N) is 2. The molecule has 0 spiro atoms. The zero-order valence-corrected chi connectivity index (χ0v) is 13.0. The molecule has 1 fully saturated rings. The molecule has 6 heteroatoms. The van der Waals surface area contributed by atoms with Crippen LogP contribution in [0.25, 0.3) is 0 Å². The molecule has 1 unspecified atom stereocenters. The van der Waals surface area contributed by atoms with Crippen molar-refractivity contribution < 1.29 is 9.59 Å². The number of carbonyl (C=O) groups is 2. The predicted octanol–water partition coefficient (Wildman–Crippen LogP) is 0.408. The Bertz CT molecular complexity index is 304. The molecule has 0 aromatic rings. The molecular formula is C13H25N3O2S. The molecule has 1 N–H and O–H groups in total. The summed E-state index contributed by atoms with van der Waals surface area (Å²) in [6.07, 6.45) is 2.89. The topological polar surface area (TPSA) is 52.7 Å². The molecule has 0 radical (unpaired) electrons. The van der Waals surface area contributed by atoms with E-state index < -0.39 is 0 Å². The summed E-state index contributed by atoms with van der Waals surface area (Å²) in [7, 11) is 0. The fraction of sp³-hybridized carbons (Fsp3) is 0.846. The molecule has 19 heavy (non-hydrogen) atoms. The highest BCUT2D eigenvalue weighted by atomic mass is 32.2. The van der Waals surface area contributed by atoms with Gasteiger partial charge in [0.2, 0.25) is 11.8 Å². The number of hydrogen-bond donors (Lipinski definition) is 1. The standard InChI is InChI=1S/C13H25N3O2S/c1-4-11(2)14-12(17)9-15-5-7-16(8-6-15)13(18)10-19-3/h11H,4-10H2,1-3H3,(H,14,17). The molecule has 110 valence electrons. The third-order valence-corrected chi connectivity index (χ3v) is 3.92. The van der Waals surface area contributed by atoms with Gasteiger partial charge in [-0.1, -0.05) is 6.92 Å². The maximum absolute atomic E-state index is 11.8. The van der Waals surface area contributed by atoms with Gasteiger partial charge in [-0.2, -0.15) is 11.8 Å². The second-order valence-electron chi connectivity index (χ2n) is 4.97. The van der Waals surface area contributed by atoms with Crippen LogP contribution in [-0.2, 0) is 9.59 Å². The van der Waals surface area contributed by atoms with E-state index in [9.17, 15) is 9.59 Å². The summed E-state index contributed by atoms with van der Waals surface area (Å²) in [5.41, 5.74) is 0. The molecular weight excluding hydrogens is 262 g/mol. The van der Waals surface area contributed by atoms with Crippen LogP contribution in [0.15, 0.2) is 0 Å². The van der Waals surface area contributed by atoms with Gasteiger partial charge in [0.05, 0.1) is 12.3 Å². The number of rotatable bonds is 6. The van der Waals surface area contributed by atoms with Crippen molar-refractivity contribution in [3.8, 4) is 0 Å². The average Bonchev–Trinajstić information content (AvgIpc) is 2.39. The quantitative estimate of drug-likeness (QED) is 0.769. The first-order valence-electron chi connectivity index (χ1n) is 6.85. The van der Waals surface area contributed by atoms with E-state index in [0.717, 1.165) is 32.6 Å². The summed E-state index contributed by atoms with van der Waals surface area (Å²) in [6, 6.07) is 0.233. The summed E-state index contributed by atoms with van der Waals surface area (Å²) in [4.78, 5) is 27.5. The number of amides is 2. The second-order valence-corrected chi connectivity index (χ2v) is 5.83. The normalized spacial score (nSPS) is 18.2. The highest BCUT2D eigenvalue weighted by molar-refractivity contribution is 7.99. The minimum atomic E-state index is 0.0817. The molecule has 0 saturated carbocycles. The average molecular weight is 287 g/mol. The molecule has 1 saturated heterocycles. The van der Waals surface area contributed by atoms with E-state index in [4.69, 9.17) is 0 Å². The van der Waals surface area contributed by atoms with Crippen molar-refractivity contribution in [3.05, 3.63) is 0 Å². The molecule has 2 amide bonds. The smallest absolute Gasteiger partial charge is 0.234 e. The molecule has 0 bridgehead atoms. The van der Waals surface area contributed by atoms with Gasteiger partial charge in [-0.3, -0.25) is 14.5 Å². The first kappa shape index (κ1) is 16.3. The zero-order chi connectivity index (χ0) is 14.3. The molecule has 1 aliphatic rings. The first-order valence-corrected chi connectivity index (χ1v) is 8.24. The van der Waals surface area contributed by atoms with Crippen LogP contribution in [-0.4, -0.2) is 72.4 Å². The van der Waals surface area contributed by atoms with Crippen LogP contribution in [0, 0.1) is 0 Å². The summed E-state index contributed by atoms with van der Waals surface area (Å²) in [6.45, 7) is 7.54. The van der Waals surface area contributed by atoms with Crippen molar-refractivity contribution >= 4 is 23.6 Å². The Kier molecular flexibility index (Phi) is 7.23. The maximum Gasteiger partial charge on any atom is 0.234 e. The largest absolute Gasteiger partial charge is 0.353 e. The molecule has 0 aliphatic carbocycles. The Morgan fingerprint density at radius 1 is 1.26 bits per heavy atom. The van der Waals surface area contributed by atoms with Crippen molar-refractivity contribution in [2.24, 2.45) is 0 Å². The molecule has 5 nitrogen and oxygen atoms in total. The highest BCUT2D eigenvalue weighted by Crippen LogP contribution is 2.04. The number of nitrogens with one attached hydrogen (secondary N) is 1. The SMILES string of the molecule is CCC(C)NC(=O)CN1CCN(C(=O)CSC)CC1. The van der Waals surface area contributed by atoms with E-state index in [-0.39, 0.29) is 17.9 Å². The summed E-state index contributed by atoms with van der Waals surface area (Å²) in [5, 5.41) is 2.97. The van der Waals surface area contributed by atoms with Crippen molar-refractivity contribution in [1.82, 2.24) is 15.1 Å². The minimum Gasteiger partial charge on any atom is -0.353 e. The number of carbonyl (C=O) groups excluding carboxylic acids is 2. The van der Waals surface area contributed by atoms with Crippen LogP contribution in [0.4, 0.5) is 0 Å². The lowest BCUT2D eigenvalue weighted by Gasteiger charge is -2.34. The monoisotopic (exact) mass is 287 g/mol. The van der Waals surface area contributed by atoms with Gasteiger partial charge in [0, 0.05) is 32.2 Å². The molecule has 1 atom stereocenters. The van der Waals surface area contributed by atoms with Crippen molar-refractivity contribution in [3.63, 3.8) is 0 Å². The molecule has 1 aliphatic heterocycles. The van der Waals surface area contributed by atoms with Gasteiger partial charge >= 0.3 is 0 Å². The zero-order valence-electron chi connectivity index (χ0n) is 12.1. The van der Waals surface area contributed by atoms with Crippen LogP contribution >= 0.6 is 11.8 Å². The minimum absolute atomic E-state index is 0.0817. The van der Waals surface area contributed by atoms with Crippen LogP contribution < -0.4 is 5.32 Å². The fourth-order valence-corrected chi connectivity index (χ4v) is 2.43. The summed E-state index contributed by atoms with van der Waals surface area (Å²) < 4.78 is 0. The van der Waals surface area contributed by atoms with Crippen molar-refractivity contribution in [2.75, 3.05) is 44.7 Å². The van der Waals surface area contributed by atoms with Crippen molar-refractivity contribution in [1.29, 1.82) is 0 Å². The molecule has 0 aromatic heterocycles. The number of piperazine rings is 1. The van der Waals surface area contributed by atoms with Crippen LogP contribution in [0.1, 0.15) is 20.3 Å². The Balaban J connectivity index is 2.26.